The molecule has 1 fully saturated rings. The molecule has 1 atom stereocenters. The lowest BCUT2D eigenvalue weighted by atomic mass is 10.0. The van der Waals surface area contributed by atoms with Gasteiger partial charge in [-0.25, -0.2) is 0 Å². The SMILES string of the molecule is CC(NC(=O)C1(CN)CC1)c1cccc(Br)c1. The molecule has 1 aliphatic carbocycles. The molecule has 2 rings (SSSR count). The number of nitrogens with two attached hydrogens (primary N) is 1. The number of rotatable bonds is 4. The van der Waals surface area contributed by atoms with E-state index in [1.54, 1.807) is 0 Å². The van der Waals surface area contributed by atoms with Crippen molar-refractivity contribution in [3.8, 4) is 0 Å². The molecule has 0 aromatic heterocycles. The van der Waals surface area contributed by atoms with Crippen molar-refractivity contribution in [2.24, 2.45) is 11.1 Å². The summed E-state index contributed by atoms with van der Waals surface area (Å²) in [6, 6.07) is 7.99. The van der Waals surface area contributed by atoms with Gasteiger partial charge in [0.25, 0.3) is 0 Å². The summed E-state index contributed by atoms with van der Waals surface area (Å²) < 4.78 is 1.02. The highest BCUT2D eigenvalue weighted by Crippen LogP contribution is 2.45. The third-order valence-corrected chi connectivity index (χ3v) is 3.92. The number of hydrogen-bond donors (Lipinski definition) is 2. The number of benzene rings is 1. The first kappa shape index (κ1) is 12.6. The van der Waals surface area contributed by atoms with Gasteiger partial charge in [0.1, 0.15) is 0 Å². The van der Waals surface area contributed by atoms with Gasteiger partial charge in [0.2, 0.25) is 5.91 Å². The van der Waals surface area contributed by atoms with Crippen LogP contribution in [-0.4, -0.2) is 12.5 Å². The summed E-state index contributed by atoms with van der Waals surface area (Å²) in [6.07, 6.45) is 1.83. The molecule has 0 radical (unpaired) electrons. The van der Waals surface area contributed by atoms with Crippen LogP contribution in [0.4, 0.5) is 0 Å². The van der Waals surface area contributed by atoms with E-state index in [0.29, 0.717) is 6.54 Å². The predicted octanol–water partition coefficient (Wildman–Crippen LogP) is 2.37. The number of hydrogen-bond acceptors (Lipinski definition) is 2. The lowest BCUT2D eigenvalue weighted by Gasteiger charge is -2.19. The van der Waals surface area contributed by atoms with Gasteiger partial charge in [0, 0.05) is 11.0 Å². The van der Waals surface area contributed by atoms with Crippen LogP contribution < -0.4 is 11.1 Å². The Hall–Kier alpha value is -0.870. The van der Waals surface area contributed by atoms with Gasteiger partial charge in [-0.2, -0.15) is 0 Å². The average Bonchev–Trinajstić information content (AvgIpc) is 3.09. The van der Waals surface area contributed by atoms with Crippen molar-refractivity contribution in [3.05, 3.63) is 34.3 Å². The molecule has 0 saturated heterocycles. The Kier molecular flexibility index (Phi) is 3.54. The third-order valence-electron chi connectivity index (χ3n) is 3.42. The highest BCUT2D eigenvalue weighted by Gasteiger charge is 2.48. The average molecular weight is 297 g/mol. The summed E-state index contributed by atoms with van der Waals surface area (Å²) >= 11 is 3.43. The Labute approximate surface area is 110 Å². The van der Waals surface area contributed by atoms with Gasteiger partial charge >= 0.3 is 0 Å². The number of carbonyl (C=O) groups is 1. The van der Waals surface area contributed by atoms with Gasteiger partial charge in [0.15, 0.2) is 0 Å². The second-order valence-electron chi connectivity index (χ2n) is 4.73. The maximum Gasteiger partial charge on any atom is 0.227 e. The maximum absolute atomic E-state index is 12.0. The van der Waals surface area contributed by atoms with Crippen molar-refractivity contribution in [3.63, 3.8) is 0 Å². The molecular formula is C13H17BrN2O. The fraction of sp³-hybridized carbons (Fsp3) is 0.462. The van der Waals surface area contributed by atoms with Gasteiger partial charge in [-0.3, -0.25) is 4.79 Å². The minimum Gasteiger partial charge on any atom is -0.349 e. The zero-order valence-corrected chi connectivity index (χ0v) is 11.5. The number of carbonyl (C=O) groups excluding carboxylic acids is 1. The Morgan fingerprint density at radius 3 is 2.82 bits per heavy atom. The minimum absolute atomic E-state index is 0.0176. The van der Waals surface area contributed by atoms with Crippen LogP contribution >= 0.6 is 15.9 Å². The lowest BCUT2D eigenvalue weighted by Crippen LogP contribution is -2.37. The monoisotopic (exact) mass is 296 g/mol. The molecule has 1 aromatic rings. The molecule has 1 saturated carbocycles. The van der Waals surface area contributed by atoms with Crippen LogP contribution in [0.15, 0.2) is 28.7 Å². The quantitative estimate of drug-likeness (QED) is 0.896. The molecule has 1 unspecified atom stereocenters. The highest BCUT2D eigenvalue weighted by molar-refractivity contribution is 9.10. The van der Waals surface area contributed by atoms with Gasteiger partial charge < -0.3 is 11.1 Å². The minimum atomic E-state index is -0.278. The van der Waals surface area contributed by atoms with Crippen LogP contribution in [0.1, 0.15) is 31.4 Å². The second kappa shape index (κ2) is 4.78. The van der Waals surface area contributed by atoms with Crippen molar-refractivity contribution in [1.82, 2.24) is 5.32 Å². The Morgan fingerprint density at radius 2 is 2.29 bits per heavy atom. The van der Waals surface area contributed by atoms with Crippen molar-refractivity contribution in [1.29, 1.82) is 0 Å². The van der Waals surface area contributed by atoms with E-state index in [-0.39, 0.29) is 17.4 Å². The predicted molar refractivity (Wildman–Crippen MR) is 71.4 cm³/mol. The normalized spacial score (nSPS) is 18.5. The first-order chi connectivity index (χ1) is 8.07. The van der Waals surface area contributed by atoms with E-state index in [1.165, 1.54) is 0 Å². The Morgan fingerprint density at radius 1 is 1.59 bits per heavy atom. The molecule has 0 heterocycles. The molecule has 1 amide bonds. The van der Waals surface area contributed by atoms with Crippen LogP contribution in [0.3, 0.4) is 0 Å². The summed E-state index contributed by atoms with van der Waals surface area (Å²) in [5.74, 6) is 0.0903. The van der Waals surface area contributed by atoms with E-state index in [9.17, 15) is 4.79 Å². The van der Waals surface area contributed by atoms with Gasteiger partial charge in [-0.1, -0.05) is 28.1 Å². The fourth-order valence-corrected chi connectivity index (χ4v) is 2.30. The van der Waals surface area contributed by atoms with Crippen LogP contribution in [0.25, 0.3) is 0 Å². The molecule has 92 valence electrons. The van der Waals surface area contributed by atoms with Crippen molar-refractivity contribution in [2.45, 2.75) is 25.8 Å². The molecule has 0 aliphatic heterocycles. The first-order valence-electron chi connectivity index (χ1n) is 5.84. The zero-order valence-electron chi connectivity index (χ0n) is 9.87. The topological polar surface area (TPSA) is 55.1 Å². The third kappa shape index (κ3) is 2.69. The van der Waals surface area contributed by atoms with Gasteiger partial charge in [0.05, 0.1) is 11.5 Å². The summed E-state index contributed by atoms with van der Waals surface area (Å²) in [4.78, 5) is 12.0. The van der Waals surface area contributed by atoms with Crippen LogP contribution in [0.5, 0.6) is 0 Å². The maximum atomic E-state index is 12.0. The molecule has 1 aromatic carbocycles. The Balaban J connectivity index is 2.02. The first-order valence-corrected chi connectivity index (χ1v) is 6.63. The number of nitrogens with one attached hydrogen (secondary N) is 1. The number of amides is 1. The van der Waals surface area contributed by atoms with E-state index in [1.807, 2.05) is 31.2 Å². The molecular weight excluding hydrogens is 280 g/mol. The van der Waals surface area contributed by atoms with E-state index < -0.39 is 0 Å². The van der Waals surface area contributed by atoms with Crippen molar-refractivity contribution >= 4 is 21.8 Å². The summed E-state index contributed by atoms with van der Waals surface area (Å²) in [5.41, 5.74) is 6.46. The summed E-state index contributed by atoms with van der Waals surface area (Å²) in [5, 5.41) is 3.04. The fourth-order valence-electron chi connectivity index (χ4n) is 1.88. The van der Waals surface area contributed by atoms with Crippen LogP contribution in [-0.2, 0) is 4.79 Å². The largest absolute Gasteiger partial charge is 0.349 e. The molecule has 3 N–H and O–H groups in total. The standard InChI is InChI=1S/C13H17BrN2O/c1-9(10-3-2-4-11(14)7-10)16-12(17)13(8-15)5-6-13/h2-4,7,9H,5-6,8,15H2,1H3,(H,16,17). The van der Waals surface area contributed by atoms with Gasteiger partial charge in [-0.05, 0) is 37.5 Å². The van der Waals surface area contributed by atoms with Crippen LogP contribution in [0.2, 0.25) is 0 Å². The molecule has 4 heteroatoms. The van der Waals surface area contributed by atoms with E-state index in [0.717, 1.165) is 22.9 Å². The molecule has 1 aliphatic rings. The zero-order chi connectivity index (χ0) is 12.5. The van der Waals surface area contributed by atoms with Crippen LogP contribution in [0, 0.1) is 5.41 Å². The molecule has 0 spiro atoms. The molecule has 0 bridgehead atoms. The Bertz CT molecular complexity index is 429. The smallest absolute Gasteiger partial charge is 0.227 e. The number of halogens is 1. The lowest BCUT2D eigenvalue weighted by molar-refractivity contribution is -0.126. The van der Waals surface area contributed by atoms with Crippen molar-refractivity contribution < 1.29 is 4.79 Å². The van der Waals surface area contributed by atoms with E-state index in [4.69, 9.17) is 5.73 Å². The second-order valence-corrected chi connectivity index (χ2v) is 5.65. The summed E-state index contributed by atoms with van der Waals surface area (Å²) in [6.45, 7) is 2.44. The molecule has 17 heavy (non-hydrogen) atoms. The summed E-state index contributed by atoms with van der Waals surface area (Å²) in [7, 11) is 0. The molecule has 3 nitrogen and oxygen atoms in total. The van der Waals surface area contributed by atoms with E-state index >= 15 is 0 Å². The van der Waals surface area contributed by atoms with Crippen molar-refractivity contribution in [2.75, 3.05) is 6.54 Å². The van der Waals surface area contributed by atoms with E-state index in [2.05, 4.69) is 21.2 Å². The highest BCUT2D eigenvalue weighted by atomic mass is 79.9. The van der Waals surface area contributed by atoms with Gasteiger partial charge in [-0.15, -0.1) is 0 Å².